The Morgan fingerprint density at radius 3 is 2.64 bits per heavy atom. The van der Waals surface area contributed by atoms with Crippen LogP contribution in [0.25, 0.3) is 10.9 Å². The summed E-state index contributed by atoms with van der Waals surface area (Å²) in [5.41, 5.74) is 1.85. The molecule has 5 rings (SSSR count). The van der Waals surface area contributed by atoms with Gasteiger partial charge in [0.1, 0.15) is 0 Å². The van der Waals surface area contributed by atoms with Crippen LogP contribution in [0.15, 0.2) is 58.5 Å². The quantitative estimate of drug-likeness (QED) is 0.177. The number of carbonyl (C=O) groups excluding carboxylic acids is 2. The first-order valence-electron chi connectivity index (χ1n) is 14.7. The van der Waals surface area contributed by atoms with Crippen molar-refractivity contribution in [1.82, 2.24) is 25.1 Å². The number of morpholine rings is 1. The Labute approximate surface area is 250 Å². The van der Waals surface area contributed by atoms with Gasteiger partial charge in [0.15, 0.2) is 5.16 Å². The molecule has 0 aliphatic carbocycles. The number of hydrogen-bond acceptors (Lipinski definition) is 8. The highest BCUT2D eigenvalue weighted by Crippen LogP contribution is 2.22. The molecule has 3 heterocycles. The van der Waals surface area contributed by atoms with Crippen molar-refractivity contribution in [1.29, 1.82) is 0 Å². The fourth-order valence-electron chi connectivity index (χ4n) is 5.21. The summed E-state index contributed by atoms with van der Waals surface area (Å²) in [6.45, 7) is 6.41. The Balaban J connectivity index is 1.24. The van der Waals surface area contributed by atoms with Crippen molar-refractivity contribution in [2.45, 2.75) is 43.5 Å². The lowest BCUT2D eigenvalue weighted by atomic mass is 10.1. The topological polar surface area (TPSA) is 115 Å². The lowest BCUT2D eigenvalue weighted by Gasteiger charge is -2.26. The molecular weight excluding hydrogens is 554 g/mol. The number of aromatic nitrogens is 2. The van der Waals surface area contributed by atoms with Crippen molar-refractivity contribution < 1.29 is 19.1 Å². The number of fused-ring (bicyclic) bond motifs is 1. The fraction of sp³-hybridized carbons (Fsp3) is 0.484. The summed E-state index contributed by atoms with van der Waals surface area (Å²) in [6, 6.07) is 15.0. The molecule has 2 N–H and O–H groups in total. The van der Waals surface area contributed by atoms with E-state index in [2.05, 4.69) is 15.5 Å². The number of benzene rings is 2. The number of amides is 2. The molecule has 2 aliphatic heterocycles. The predicted octanol–water partition coefficient (Wildman–Crippen LogP) is 2.48. The molecular formula is C31H39N5O5S. The van der Waals surface area contributed by atoms with Gasteiger partial charge in [-0.15, -0.1) is 0 Å². The second-order valence-electron chi connectivity index (χ2n) is 10.6. The first kappa shape index (κ1) is 30.2. The minimum Gasteiger partial charge on any atom is -0.379 e. The molecule has 224 valence electrons. The van der Waals surface area contributed by atoms with Crippen LogP contribution in [0.4, 0.5) is 0 Å². The summed E-state index contributed by atoms with van der Waals surface area (Å²) in [6.07, 6.45) is 3.35. The molecule has 2 amide bonds. The highest BCUT2D eigenvalue weighted by molar-refractivity contribution is 7.99. The van der Waals surface area contributed by atoms with Gasteiger partial charge in [-0.05, 0) is 56.0 Å². The number of ether oxygens (including phenoxy) is 2. The maximum atomic E-state index is 13.6. The van der Waals surface area contributed by atoms with E-state index in [1.807, 2.05) is 30.3 Å². The highest BCUT2D eigenvalue weighted by atomic mass is 32.2. The van der Waals surface area contributed by atoms with Crippen LogP contribution in [-0.4, -0.2) is 90.7 Å². The van der Waals surface area contributed by atoms with Crippen LogP contribution >= 0.6 is 11.8 Å². The smallest absolute Gasteiger partial charge is 0.262 e. The average molecular weight is 594 g/mol. The first-order chi connectivity index (χ1) is 20.6. The third-order valence-corrected chi connectivity index (χ3v) is 8.52. The van der Waals surface area contributed by atoms with E-state index in [1.54, 1.807) is 22.8 Å². The van der Waals surface area contributed by atoms with Crippen molar-refractivity contribution in [3.63, 3.8) is 0 Å². The Morgan fingerprint density at radius 2 is 1.86 bits per heavy atom. The molecule has 42 heavy (non-hydrogen) atoms. The van der Waals surface area contributed by atoms with Crippen LogP contribution in [0.2, 0.25) is 0 Å². The number of nitrogens with zero attached hydrogens (tertiary/aromatic N) is 3. The van der Waals surface area contributed by atoms with E-state index in [-0.39, 0.29) is 29.2 Å². The highest BCUT2D eigenvalue weighted by Gasteiger charge is 2.21. The number of carbonyl (C=O) groups is 2. The SMILES string of the molecule is O=C(CSc1nc2cc(C(=O)NCCCN3CCOCC3)ccc2c(=O)n1C[C@H]1CCCO1)NCCc1ccccc1. The van der Waals surface area contributed by atoms with Gasteiger partial charge in [0.25, 0.3) is 11.5 Å². The normalized spacial score (nSPS) is 17.4. The molecule has 0 spiro atoms. The van der Waals surface area contributed by atoms with Crippen LogP contribution in [-0.2, 0) is 27.2 Å². The van der Waals surface area contributed by atoms with Gasteiger partial charge in [-0.3, -0.25) is 23.9 Å². The maximum Gasteiger partial charge on any atom is 0.262 e. The lowest BCUT2D eigenvalue weighted by molar-refractivity contribution is -0.118. The Hall–Kier alpha value is -3.25. The van der Waals surface area contributed by atoms with E-state index < -0.39 is 0 Å². The van der Waals surface area contributed by atoms with Crippen LogP contribution in [0.5, 0.6) is 0 Å². The molecule has 0 bridgehead atoms. The zero-order valence-corrected chi connectivity index (χ0v) is 24.7. The van der Waals surface area contributed by atoms with Gasteiger partial charge in [-0.25, -0.2) is 4.98 Å². The van der Waals surface area contributed by atoms with Gasteiger partial charge in [-0.2, -0.15) is 0 Å². The van der Waals surface area contributed by atoms with Crippen LogP contribution in [0.1, 0.15) is 35.2 Å². The lowest BCUT2D eigenvalue weighted by Crippen LogP contribution is -2.38. The molecule has 0 saturated carbocycles. The molecule has 1 aromatic heterocycles. The second-order valence-corrected chi connectivity index (χ2v) is 11.6. The van der Waals surface area contributed by atoms with Gasteiger partial charge in [0.05, 0.1) is 42.5 Å². The van der Waals surface area contributed by atoms with Crippen LogP contribution < -0.4 is 16.2 Å². The maximum absolute atomic E-state index is 13.6. The Morgan fingerprint density at radius 1 is 1.02 bits per heavy atom. The van der Waals surface area contributed by atoms with E-state index in [1.165, 1.54) is 11.8 Å². The molecule has 0 radical (unpaired) electrons. The summed E-state index contributed by atoms with van der Waals surface area (Å²) >= 11 is 1.23. The summed E-state index contributed by atoms with van der Waals surface area (Å²) < 4.78 is 12.8. The zero-order valence-electron chi connectivity index (χ0n) is 23.9. The van der Waals surface area contributed by atoms with Crippen molar-refractivity contribution in [2.24, 2.45) is 0 Å². The average Bonchev–Trinajstić information content (AvgIpc) is 3.54. The predicted molar refractivity (Wildman–Crippen MR) is 163 cm³/mol. The molecule has 2 aromatic carbocycles. The van der Waals surface area contributed by atoms with Crippen molar-refractivity contribution in [2.75, 3.05) is 58.3 Å². The summed E-state index contributed by atoms with van der Waals surface area (Å²) in [4.78, 5) is 46.2. The largest absolute Gasteiger partial charge is 0.379 e. The summed E-state index contributed by atoms with van der Waals surface area (Å²) in [5, 5.41) is 6.82. The van der Waals surface area contributed by atoms with Gasteiger partial charge < -0.3 is 20.1 Å². The molecule has 1 atom stereocenters. The van der Waals surface area contributed by atoms with Gasteiger partial charge in [0.2, 0.25) is 5.91 Å². The standard InChI is InChI=1S/C31H39N5O5S/c37-28(32-13-11-23-6-2-1-3-7-23)22-42-31-34-27-20-24(29(38)33-12-5-14-35-15-18-40-19-16-35)9-10-26(27)30(39)36(31)21-25-8-4-17-41-25/h1-3,6-7,9-10,20,25H,4-5,8,11-19,21-22H2,(H,32,37)(H,33,38)/t25-/m1/s1. The third kappa shape index (κ3) is 8.41. The number of thioether (sulfide) groups is 1. The van der Waals surface area contributed by atoms with Crippen LogP contribution in [0.3, 0.4) is 0 Å². The third-order valence-electron chi connectivity index (χ3n) is 7.54. The first-order valence-corrected chi connectivity index (χ1v) is 15.7. The Kier molecular flexibility index (Phi) is 11.0. The van der Waals surface area contributed by atoms with E-state index >= 15 is 0 Å². The minimum absolute atomic E-state index is 0.0662. The second kappa shape index (κ2) is 15.3. The molecule has 3 aromatic rings. The number of nitrogens with one attached hydrogen (secondary N) is 2. The minimum atomic E-state index is -0.198. The van der Waals surface area contributed by atoms with Crippen LogP contribution in [0, 0.1) is 0 Å². The van der Waals surface area contributed by atoms with E-state index in [9.17, 15) is 14.4 Å². The zero-order chi connectivity index (χ0) is 29.1. The molecule has 11 heteroatoms. The van der Waals surface area contributed by atoms with E-state index in [0.29, 0.717) is 47.9 Å². The van der Waals surface area contributed by atoms with Crippen molar-refractivity contribution in [3.05, 3.63) is 70.0 Å². The molecule has 0 unspecified atom stereocenters. The molecule has 2 fully saturated rings. The number of hydrogen-bond donors (Lipinski definition) is 2. The van der Waals surface area contributed by atoms with Gasteiger partial charge in [-0.1, -0.05) is 42.1 Å². The van der Waals surface area contributed by atoms with Crippen molar-refractivity contribution >= 4 is 34.5 Å². The fourth-order valence-corrected chi connectivity index (χ4v) is 6.05. The van der Waals surface area contributed by atoms with E-state index in [0.717, 1.165) is 64.1 Å². The molecule has 2 aliphatic rings. The van der Waals surface area contributed by atoms with Crippen molar-refractivity contribution in [3.8, 4) is 0 Å². The summed E-state index contributed by atoms with van der Waals surface area (Å²) in [5.74, 6) is -0.197. The monoisotopic (exact) mass is 593 g/mol. The number of rotatable bonds is 13. The van der Waals surface area contributed by atoms with Gasteiger partial charge in [0, 0.05) is 38.3 Å². The van der Waals surface area contributed by atoms with Gasteiger partial charge >= 0.3 is 0 Å². The summed E-state index contributed by atoms with van der Waals surface area (Å²) in [7, 11) is 0. The molecule has 2 saturated heterocycles. The molecule has 10 nitrogen and oxygen atoms in total. The Bertz CT molecular complexity index is 1400. The van der Waals surface area contributed by atoms with E-state index in [4.69, 9.17) is 14.5 Å².